The maximum atomic E-state index is 13.5. The first-order valence-corrected chi connectivity index (χ1v) is 7.58. The molecule has 4 heteroatoms. The summed E-state index contributed by atoms with van der Waals surface area (Å²) in [4.78, 5) is 0. The fraction of sp³-hybridized carbons (Fsp3) is 0.200. The normalized spacial score (nSPS) is 12.4. The van der Waals surface area contributed by atoms with E-state index in [0.29, 0.717) is 12.1 Å². The van der Waals surface area contributed by atoms with E-state index < -0.39 is 0 Å². The van der Waals surface area contributed by atoms with Crippen molar-refractivity contribution in [1.29, 1.82) is 0 Å². The second-order valence-corrected chi connectivity index (χ2v) is 6.13. The third kappa shape index (κ3) is 3.88. The lowest BCUT2D eigenvalue weighted by atomic mass is 10.1. The average Bonchev–Trinajstić information content (AvgIpc) is 2.37. The molecule has 1 atom stereocenters. The molecule has 0 bridgehead atoms. The summed E-state index contributed by atoms with van der Waals surface area (Å²) in [6.45, 7) is 2.57. The van der Waals surface area contributed by atoms with E-state index in [0.717, 1.165) is 14.5 Å². The van der Waals surface area contributed by atoms with Crippen LogP contribution in [0.15, 0.2) is 51.4 Å². The highest BCUT2D eigenvalue weighted by Crippen LogP contribution is 2.27. The molecule has 100 valence electrons. The molecule has 0 aromatic heterocycles. The summed E-state index contributed by atoms with van der Waals surface area (Å²) < 4.78 is 15.6. The van der Waals surface area contributed by atoms with Gasteiger partial charge >= 0.3 is 0 Å². The molecule has 0 heterocycles. The van der Waals surface area contributed by atoms with Gasteiger partial charge in [0.25, 0.3) is 0 Å². The van der Waals surface area contributed by atoms with Gasteiger partial charge in [-0.05, 0) is 30.7 Å². The van der Waals surface area contributed by atoms with Crippen LogP contribution in [0.1, 0.15) is 24.1 Å². The number of benzene rings is 2. The Morgan fingerprint density at radius 2 is 1.89 bits per heavy atom. The van der Waals surface area contributed by atoms with Gasteiger partial charge in [0.15, 0.2) is 0 Å². The monoisotopic (exact) mass is 385 g/mol. The fourth-order valence-corrected chi connectivity index (χ4v) is 3.26. The molecule has 1 unspecified atom stereocenters. The van der Waals surface area contributed by atoms with Crippen molar-refractivity contribution in [3.8, 4) is 0 Å². The molecular formula is C15H14Br2FN. The van der Waals surface area contributed by atoms with Gasteiger partial charge < -0.3 is 5.32 Å². The van der Waals surface area contributed by atoms with E-state index in [9.17, 15) is 4.39 Å². The predicted octanol–water partition coefficient (Wildman–Crippen LogP) is 5.20. The summed E-state index contributed by atoms with van der Waals surface area (Å²) in [5.41, 5.74) is 1.84. The van der Waals surface area contributed by atoms with E-state index in [1.807, 2.05) is 24.3 Å². The molecule has 0 fully saturated rings. The minimum atomic E-state index is -0.169. The Balaban J connectivity index is 2.05. The van der Waals surface area contributed by atoms with Gasteiger partial charge in [0, 0.05) is 27.1 Å². The predicted molar refractivity (Wildman–Crippen MR) is 83.5 cm³/mol. The van der Waals surface area contributed by atoms with Crippen molar-refractivity contribution in [2.75, 3.05) is 0 Å². The van der Waals surface area contributed by atoms with E-state index >= 15 is 0 Å². The molecule has 0 spiro atoms. The first-order chi connectivity index (χ1) is 9.08. The Morgan fingerprint density at radius 1 is 1.16 bits per heavy atom. The average molecular weight is 387 g/mol. The summed E-state index contributed by atoms with van der Waals surface area (Å²) in [6.07, 6.45) is 0. The SMILES string of the molecule is CC(NCc1ccccc1F)c1ccc(Br)cc1Br. The van der Waals surface area contributed by atoms with Crippen molar-refractivity contribution >= 4 is 31.9 Å². The van der Waals surface area contributed by atoms with Gasteiger partial charge in [-0.15, -0.1) is 0 Å². The van der Waals surface area contributed by atoms with Gasteiger partial charge in [0.1, 0.15) is 5.82 Å². The molecule has 2 aromatic rings. The van der Waals surface area contributed by atoms with E-state index in [1.165, 1.54) is 6.07 Å². The lowest BCUT2D eigenvalue weighted by Gasteiger charge is -2.16. The van der Waals surface area contributed by atoms with Crippen LogP contribution in [0, 0.1) is 5.82 Å². The lowest BCUT2D eigenvalue weighted by molar-refractivity contribution is 0.543. The molecule has 0 aliphatic rings. The Labute approximate surface area is 129 Å². The Morgan fingerprint density at radius 3 is 2.58 bits per heavy atom. The fourth-order valence-electron chi connectivity index (χ4n) is 1.87. The maximum Gasteiger partial charge on any atom is 0.127 e. The molecule has 19 heavy (non-hydrogen) atoms. The van der Waals surface area contributed by atoms with E-state index in [1.54, 1.807) is 12.1 Å². The van der Waals surface area contributed by atoms with Crippen LogP contribution in [0.25, 0.3) is 0 Å². The zero-order chi connectivity index (χ0) is 13.8. The second kappa shape index (κ2) is 6.64. The second-order valence-electron chi connectivity index (χ2n) is 4.36. The minimum Gasteiger partial charge on any atom is -0.306 e. The molecule has 0 amide bonds. The van der Waals surface area contributed by atoms with E-state index in [-0.39, 0.29) is 11.9 Å². The molecule has 0 aliphatic carbocycles. The first kappa shape index (κ1) is 14.7. The molecule has 0 saturated heterocycles. The first-order valence-electron chi connectivity index (χ1n) is 5.99. The molecule has 0 saturated carbocycles. The van der Waals surface area contributed by atoms with Crippen molar-refractivity contribution in [2.45, 2.75) is 19.5 Å². The molecule has 1 nitrogen and oxygen atoms in total. The van der Waals surface area contributed by atoms with Gasteiger partial charge in [-0.2, -0.15) is 0 Å². The number of rotatable bonds is 4. The van der Waals surface area contributed by atoms with Gasteiger partial charge in [-0.1, -0.05) is 56.1 Å². The highest BCUT2D eigenvalue weighted by atomic mass is 79.9. The third-order valence-electron chi connectivity index (χ3n) is 2.99. The summed E-state index contributed by atoms with van der Waals surface area (Å²) in [7, 11) is 0. The zero-order valence-electron chi connectivity index (χ0n) is 10.5. The van der Waals surface area contributed by atoms with Crippen molar-refractivity contribution < 1.29 is 4.39 Å². The summed E-state index contributed by atoms with van der Waals surface area (Å²) in [6, 6.07) is 13.0. The Hall–Kier alpha value is -0.710. The number of nitrogens with one attached hydrogen (secondary N) is 1. The molecule has 2 aromatic carbocycles. The highest BCUT2D eigenvalue weighted by molar-refractivity contribution is 9.11. The van der Waals surface area contributed by atoms with E-state index in [4.69, 9.17) is 0 Å². The lowest BCUT2D eigenvalue weighted by Crippen LogP contribution is -2.19. The Kier molecular flexibility index (Phi) is 5.13. The standard InChI is InChI=1S/C15H14Br2FN/c1-10(13-7-6-12(16)8-14(13)17)19-9-11-4-2-3-5-15(11)18/h2-8,10,19H,9H2,1H3. The molecule has 0 radical (unpaired) electrons. The largest absolute Gasteiger partial charge is 0.306 e. The topological polar surface area (TPSA) is 12.0 Å². The van der Waals surface area contributed by atoms with Crippen molar-refractivity contribution in [2.24, 2.45) is 0 Å². The van der Waals surface area contributed by atoms with Crippen LogP contribution >= 0.6 is 31.9 Å². The summed E-state index contributed by atoms with van der Waals surface area (Å²) in [5, 5.41) is 3.33. The number of hydrogen-bond donors (Lipinski definition) is 1. The van der Waals surface area contributed by atoms with Crippen LogP contribution in [0.2, 0.25) is 0 Å². The van der Waals surface area contributed by atoms with Crippen molar-refractivity contribution in [3.05, 3.63) is 68.4 Å². The van der Waals surface area contributed by atoms with Crippen molar-refractivity contribution in [3.63, 3.8) is 0 Å². The summed E-state index contributed by atoms with van der Waals surface area (Å²) in [5.74, 6) is -0.169. The molecule has 1 N–H and O–H groups in total. The smallest absolute Gasteiger partial charge is 0.127 e. The van der Waals surface area contributed by atoms with Crippen LogP contribution in [0.3, 0.4) is 0 Å². The quantitative estimate of drug-likeness (QED) is 0.761. The number of halogens is 3. The van der Waals surface area contributed by atoms with Crippen LogP contribution < -0.4 is 5.32 Å². The Bertz CT molecular complexity index is 572. The summed E-state index contributed by atoms with van der Waals surface area (Å²) >= 11 is 6.97. The zero-order valence-corrected chi connectivity index (χ0v) is 13.6. The minimum absolute atomic E-state index is 0.141. The molecule has 0 aliphatic heterocycles. The highest BCUT2D eigenvalue weighted by Gasteiger charge is 2.10. The molecular weight excluding hydrogens is 373 g/mol. The van der Waals surface area contributed by atoms with Gasteiger partial charge in [0.2, 0.25) is 0 Å². The van der Waals surface area contributed by atoms with Crippen molar-refractivity contribution in [1.82, 2.24) is 5.32 Å². The maximum absolute atomic E-state index is 13.5. The van der Waals surface area contributed by atoms with Crippen LogP contribution in [-0.4, -0.2) is 0 Å². The van der Waals surface area contributed by atoms with E-state index in [2.05, 4.69) is 44.1 Å². The van der Waals surface area contributed by atoms with Crippen LogP contribution in [0.5, 0.6) is 0 Å². The van der Waals surface area contributed by atoms with Crippen LogP contribution in [0.4, 0.5) is 4.39 Å². The third-order valence-corrected chi connectivity index (χ3v) is 4.17. The van der Waals surface area contributed by atoms with Gasteiger partial charge in [-0.3, -0.25) is 0 Å². The van der Waals surface area contributed by atoms with Gasteiger partial charge in [-0.25, -0.2) is 4.39 Å². The van der Waals surface area contributed by atoms with Crippen LogP contribution in [-0.2, 0) is 6.54 Å². The number of hydrogen-bond acceptors (Lipinski definition) is 1. The molecule has 2 rings (SSSR count). The van der Waals surface area contributed by atoms with Gasteiger partial charge in [0.05, 0.1) is 0 Å².